The lowest BCUT2D eigenvalue weighted by Gasteiger charge is -2.27. The molecule has 8 heteroatoms. The Bertz CT molecular complexity index is 714. The van der Waals surface area contributed by atoms with Crippen LogP contribution in [0.3, 0.4) is 0 Å². The molecule has 1 aliphatic carbocycles. The summed E-state index contributed by atoms with van der Waals surface area (Å²) in [5, 5.41) is 5.87. The highest BCUT2D eigenvalue weighted by Gasteiger charge is 2.46. The maximum atomic E-state index is 13.0. The number of rotatable bonds is 3. The average molecular weight is 421 g/mol. The summed E-state index contributed by atoms with van der Waals surface area (Å²) in [6.45, 7) is 8.99. The van der Waals surface area contributed by atoms with Gasteiger partial charge in [0.25, 0.3) is 5.91 Å². The molecule has 3 aliphatic rings. The van der Waals surface area contributed by atoms with Crippen molar-refractivity contribution < 1.29 is 28.6 Å². The topological polar surface area (TPSA) is 103 Å². The van der Waals surface area contributed by atoms with Crippen LogP contribution in [0, 0.1) is 11.8 Å². The van der Waals surface area contributed by atoms with E-state index in [-0.39, 0.29) is 37.3 Å². The van der Waals surface area contributed by atoms with Crippen LogP contribution in [0.25, 0.3) is 0 Å². The van der Waals surface area contributed by atoms with Crippen LogP contribution in [0.15, 0.2) is 24.8 Å². The predicted octanol–water partition coefficient (Wildman–Crippen LogP) is 1.60. The van der Waals surface area contributed by atoms with E-state index in [1.54, 1.807) is 26.0 Å². The van der Waals surface area contributed by atoms with Gasteiger partial charge in [-0.25, -0.2) is 0 Å². The Labute approximate surface area is 177 Å². The van der Waals surface area contributed by atoms with Gasteiger partial charge < -0.3 is 24.8 Å². The van der Waals surface area contributed by atoms with Gasteiger partial charge in [-0.3, -0.25) is 14.4 Å². The molecule has 30 heavy (non-hydrogen) atoms. The lowest BCUT2D eigenvalue weighted by molar-refractivity contribution is -0.161. The third-order valence-electron chi connectivity index (χ3n) is 5.62. The maximum Gasteiger partial charge on any atom is 0.309 e. The molecule has 1 saturated carbocycles. The number of nitrogens with one attached hydrogen (secondary N) is 2. The SMILES string of the molecule is C=CC[C@@H]1NC(=O)[C@@H]2OC(C)(C)O[C@@H]2COC(=O)C/C=C/[C@@H](C)[C@@H](C2CC2)NC1=O. The molecule has 0 aromatic rings. The Morgan fingerprint density at radius 1 is 1.17 bits per heavy atom. The second-order valence-electron chi connectivity index (χ2n) is 8.73. The number of carbonyl (C=O) groups excluding carboxylic acids is 3. The van der Waals surface area contributed by atoms with Crippen molar-refractivity contribution in [2.24, 2.45) is 11.8 Å². The van der Waals surface area contributed by atoms with Crippen molar-refractivity contribution in [3.05, 3.63) is 24.8 Å². The van der Waals surface area contributed by atoms with E-state index in [1.807, 2.05) is 13.0 Å². The minimum atomic E-state index is -1.01. The molecule has 0 radical (unpaired) electrons. The van der Waals surface area contributed by atoms with Gasteiger partial charge in [0, 0.05) is 6.04 Å². The highest BCUT2D eigenvalue weighted by Crippen LogP contribution is 2.36. The molecule has 2 N–H and O–H groups in total. The zero-order valence-corrected chi connectivity index (χ0v) is 17.9. The summed E-state index contributed by atoms with van der Waals surface area (Å²) in [5.41, 5.74) is 0. The van der Waals surface area contributed by atoms with E-state index in [0.717, 1.165) is 12.8 Å². The minimum Gasteiger partial charge on any atom is -0.463 e. The zero-order valence-electron chi connectivity index (χ0n) is 17.9. The van der Waals surface area contributed by atoms with Gasteiger partial charge in [-0.05, 0) is 44.9 Å². The van der Waals surface area contributed by atoms with Gasteiger partial charge in [0.2, 0.25) is 5.91 Å². The molecule has 2 fully saturated rings. The summed E-state index contributed by atoms with van der Waals surface area (Å²) in [7, 11) is 0. The highest BCUT2D eigenvalue weighted by molar-refractivity contribution is 5.90. The van der Waals surface area contributed by atoms with Crippen LogP contribution in [-0.4, -0.2) is 54.5 Å². The summed E-state index contributed by atoms with van der Waals surface area (Å²) in [6.07, 6.45) is 6.05. The summed E-state index contributed by atoms with van der Waals surface area (Å²) in [6, 6.07) is -0.829. The molecule has 2 aliphatic heterocycles. The van der Waals surface area contributed by atoms with Crippen molar-refractivity contribution in [3.63, 3.8) is 0 Å². The standard InChI is InChI=1S/C22H32N2O6/c1-5-7-15-20(26)24-18(14-10-11-14)13(2)8-6-9-17(25)28-12-16-19(21(27)23-15)30-22(3,4)29-16/h5-6,8,13-16,18-19H,1,7,9-12H2,2-4H3,(H,23,27)(H,24,26)/b8-6+/t13-,15+,16-,18+,19-/m1/s1. The molecule has 0 unspecified atom stereocenters. The number of hydrogen-bond donors (Lipinski definition) is 2. The number of ether oxygens (including phenoxy) is 3. The molecule has 3 rings (SSSR count). The smallest absolute Gasteiger partial charge is 0.309 e. The predicted molar refractivity (Wildman–Crippen MR) is 109 cm³/mol. The van der Waals surface area contributed by atoms with Crippen molar-refractivity contribution in [3.8, 4) is 0 Å². The summed E-state index contributed by atoms with van der Waals surface area (Å²) >= 11 is 0. The van der Waals surface area contributed by atoms with Crippen LogP contribution in [0.1, 0.15) is 46.5 Å². The van der Waals surface area contributed by atoms with Crippen LogP contribution < -0.4 is 10.6 Å². The number of amides is 2. The molecule has 166 valence electrons. The van der Waals surface area contributed by atoms with Crippen LogP contribution in [0.2, 0.25) is 0 Å². The Kier molecular flexibility index (Phi) is 6.98. The van der Waals surface area contributed by atoms with E-state index in [2.05, 4.69) is 17.2 Å². The molecular formula is C22H32N2O6. The van der Waals surface area contributed by atoms with E-state index in [4.69, 9.17) is 14.2 Å². The summed E-state index contributed by atoms with van der Waals surface area (Å²) in [5.74, 6) is -1.70. The Morgan fingerprint density at radius 3 is 2.57 bits per heavy atom. The molecule has 2 heterocycles. The van der Waals surface area contributed by atoms with Gasteiger partial charge in [-0.2, -0.15) is 0 Å². The largest absolute Gasteiger partial charge is 0.463 e. The summed E-state index contributed by atoms with van der Waals surface area (Å²) < 4.78 is 16.8. The van der Waals surface area contributed by atoms with Crippen LogP contribution in [0.5, 0.6) is 0 Å². The molecule has 0 aromatic carbocycles. The van der Waals surface area contributed by atoms with Crippen LogP contribution >= 0.6 is 0 Å². The lowest BCUT2D eigenvalue weighted by Crippen LogP contribution is -2.54. The van der Waals surface area contributed by atoms with Crippen molar-refractivity contribution in [2.75, 3.05) is 6.61 Å². The maximum absolute atomic E-state index is 13.0. The van der Waals surface area contributed by atoms with Gasteiger partial charge >= 0.3 is 5.97 Å². The van der Waals surface area contributed by atoms with E-state index in [0.29, 0.717) is 5.92 Å². The minimum absolute atomic E-state index is 0.0475. The lowest BCUT2D eigenvalue weighted by atomic mass is 9.96. The third-order valence-corrected chi connectivity index (χ3v) is 5.62. The van der Waals surface area contributed by atoms with Crippen LogP contribution in [-0.2, 0) is 28.6 Å². The first-order valence-corrected chi connectivity index (χ1v) is 10.6. The van der Waals surface area contributed by atoms with Gasteiger partial charge in [-0.15, -0.1) is 6.58 Å². The van der Waals surface area contributed by atoms with Crippen LogP contribution in [0.4, 0.5) is 0 Å². The van der Waals surface area contributed by atoms with Gasteiger partial charge in [0.15, 0.2) is 11.9 Å². The van der Waals surface area contributed by atoms with E-state index in [9.17, 15) is 14.4 Å². The number of carbonyl (C=O) groups is 3. The van der Waals surface area contributed by atoms with Crippen molar-refractivity contribution in [1.82, 2.24) is 10.6 Å². The van der Waals surface area contributed by atoms with E-state index in [1.165, 1.54) is 0 Å². The molecular weight excluding hydrogens is 388 g/mol. The number of cyclic esters (lactones) is 1. The molecule has 1 saturated heterocycles. The first-order valence-electron chi connectivity index (χ1n) is 10.6. The Morgan fingerprint density at radius 2 is 1.90 bits per heavy atom. The zero-order chi connectivity index (χ0) is 21.9. The second kappa shape index (κ2) is 9.31. The van der Waals surface area contributed by atoms with Crippen molar-refractivity contribution in [1.29, 1.82) is 0 Å². The summed E-state index contributed by atoms with van der Waals surface area (Å²) in [4.78, 5) is 38.1. The highest BCUT2D eigenvalue weighted by atomic mass is 16.8. The fourth-order valence-electron chi connectivity index (χ4n) is 3.96. The molecule has 2 amide bonds. The second-order valence-corrected chi connectivity index (χ2v) is 8.73. The normalized spacial score (nSPS) is 36.4. The van der Waals surface area contributed by atoms with E-state index >= 15 is 0 Å². The van der Waals surface area contributed by atoms with Crippen molar-refractivity contribution in [2.45, 2.75) is 76.5 Å². The van der Waals surface area contributed by atoms with Gasteiger partial charge in [0.05, 0.1) is 6.42 Å². The fourth-order valence-corrected chi connectivity index (χ4v) is 3.96. The molecule has 0 bridgehead atoms. The Hall–Kier alpha value is -2.19. The first-order chi connectivity index (χ1) is 14.2. The quantitative estimate of drug-likeness (QED) is 0.531. The molecule has 5 atom stereocenters. The fraction of sp³-hybridized carbons (Fsp3) is 0.682. The number of esters is 1. The third kappa shape index (κ3) is 5.70. The van der Waals surface area contributed by atoms with E-state index < -0.39 is 35.9 Å². The molecule has 8 nitrogen and oxygen atoms in total. The molecule has 0 spiro atoms. The number of fused-ring (bicyclic) bond motifs is 1. The van der Waals surface area contributed by atoms with Gasteiger partial charge in [0.1, 0.15) is 18.8 Å². The Balaban J connectivity index is 1.84. The first kappa shape index (κ1) is 22.5. The average Bonchev–Trinajstić information content (AvgIpc) is 3.46. The molecule has 0 aromatic heterocycles. The number of hydrogen-bond acceptors (Lipinski definition) is 6. The van der Waals surface area contributed by atoms with Crippen molar-refractivity contribution >= 4 is 17.8 Å². The van der Waals surface area contributed by atoms with Gasteiger partial charge in [-0.1, -0.05) is 25.2 Å². The monoisotopic (exact) mass is 420 g/mol.